The number of carbonyl (C=O) groups excluding carboxylic acids is 1. The molecule has 0 aromatic heterocycles. The fraction of sp³-hybridized carbons (Fsp3) is 0.632. The molecule has 1 atom stereocenters. The Balaban J connectivity index is 3.62. The number of rotatable bonds is 10. The van der Waals surface area contributed by atoms with E-state index in [4.69, 9.17) is 0 Å². The number of carbonyl (C=O) groups is 1. The molecule has 0 aliphatic heterocycles. The molecule has 3 nitrogen and oxygen atoms in total. The highest BCUT2D eigenvalue weighted by molar-refractivity contribution is 5.89. The van der Waals surface area contributed by atoms with Gasteiger partial charge in [0.05, 0.1) is 24.7 Å². The third kappa shape index (κ3) is 4.92. The highest BCUT2D eigenvalue weighted by Gasteiger charge is 2.93. The highest BCUT2D eigenvalue weighted by Crippen LogP contribution is 2.63. The molecule has 0 amide bonds. The first kappa shape index (κ1) is 32.6. The van der Waals surface area contributed by atoms with E-state index in [1.54, 1.807) is 0 Å². The summed E-state index contributed by atoms with van der Waals surface area (Å²) in [5.74, 6) is -48.3. The lowest BCUT2D eigenvalue weighted by atomic mass is 9.83. The van der Waals surface area contributed by atoms with Crippen LogP contribution in [0.4, 0.5) is 65.9 Å². The number of hydrogen-bond donors (Lipinski definition) is 0. The topological polar surface area (TPSA) is 35.5 Å². The summed E-state index contributed by atoms with van der Waals surface area (Å²) in [6, 6.07) is 3.39. The number of ether oxygens (including phenoxy) is 2. The Labute approximate surface area is 197 Å². The Bertz CT molecular complexity index is 987. The van der Waals surface area contributed by atoms with Crippen LogP contribution in [0.5, 0.6) is 0 Å². The van der Waals surface area contributed by atoms with E-state index in [2.05, 4.69) is 9.47 Å². The Kier molecular flexibility index (Phi) is 8.30. The van der Waals surface area contributed by atoms with Crippen LogP contribution in [-0.4, -0.2) is 61.9 Å². The molecule has 0 radical (unpaired) electrons. The van der Waals surface area contributed by atoms with E-state index >= 15 is 0 Å². The van der Waals surface area contributed by atoms with E-state index in [0.717, 1.165) is 25.3 Å². The minimum Gasteiger partial charge on any atom is -0.465 e. The molecule has 18 heteroatoms. The molecule has 0 saturated heterocycles. The number of alkyl halides is 15. The van der Waals surface area contributed by atoms with Gasteiger partial charge in [0.2, 0.25) is 0 Å². The van der Waals surface area contributed by atoms with Crippen LogP contribution in [-0.2, 0) is 15.1 Å². The first-order valence-corrected chi connectivity index (χ1v) is 9.29. The van der Waals surface area contributed by atoms with Crippen molar-refractivity contribution in [3.05, 3.63) is 35.4 Å². The first-order valence-electron chi connectivity index (χ1n) is 9.29. The van der Waals surface area contributed by atoms with Crippen LogP contribution in [0.2, 0.25) is 0 Å². The van der Waals surface area contributed by atoms with Crippen molar-refractivity contribution in [1.29, 1.82) is 0 Å². The third-order valence-corrected chi connectivity index (χ3v) is 5.30. The summed E-state index contributed by atoms with van der Waals surface area (Å²) >= 11 is 0. The van der Waals surface area contributed by atoms with Crippen LogP contribution < -0.4 is 0 Å². The summed E-state index contributed by atoms with van der Waals surface area (Å²) in [4.78, 5) is 11.6. The Morgan fingerprint density at radius 1 is 0.703 bits per heavy atom. The zero-order valence-electron chi connectivity index (χ0n) is 18.4. The zero-order valence-corrected chi connectivity index (χ0v) is 18.4. The Morgan fingerprint density at radius 3 is 1.54 bits per heavy atom. The van der Waals surface area contributed by atoms with Crippen LogP contribution in [0.3, 0.4) is 0 Å². The molecule has 0 heterocycles. The summed E-state index contributed by atoms with van der Waals surface area (Å²) in [5.41, 5.74) is -4.00. The largest absolute Gasteiger partial charge is 0.465 e. The fourth-order valence-electron chi connectivity index (χ4n) is 2.92. The number of benzene rings is 1. The molecule has 214 valence electrons. The van der Waals surface area contributed by atoms with Gasteiger partial charge < -0.3 is 9.47 Å². The number of esters is 1. The predicted octanol–water partition coefficient (Wildman–Crippen LogP) is 7.10. The van der Waals surface area contributed by atoms with Crippen molar-refractivity contribution in [2.45, 2.75) is 60.7 Å². The standard InChI is InChI=1S/C19H15F15O3/c1-12(37-3,10-6-4-5-9(7-10)11(35)36-2)8-13(20,21)14(22,23)15(24,25)16(26,27)17(28,29)18(30,31)19(32,33)34/h4-7H,8H2,1-3H3. The Hall–Kier alpha value is -2.40. The van der Waals surface area contributed by atoms with Crippen molar-refractivity contribution in [3.63, 3.8) is 0 Å². The van der Waals surface area contributed by atoms with Crippen LogP contribution in [0.15, 0.2) is 24.3 Å². The van der Waals surface area contributed by atoms with Gasteiger partial charge in [-0.25, -0.2) is 4.79 Å². The molecule has 1 aromatic carbocycles. The second kappa shape index (κ2) is 9.41. The molecule has 0 fully saturated rings. The minimum absolute atomic E-state index is 0.441. The molecule has 1 aromatic rings. The van der Waals surface area contributed by atoms with Crippen LogP contribution in [0.25, 0.3) is 0 Å². The zero-order chi connectivity index (χ0) is 29.7. The van der Waals surface area contributed by atoms with Gasteiger partial charge in [0, 0.05) is 7.11 Å². The summed E-state index contributed by atoms with van der Waals surface area (Å²) in [6.45, 7) is 0.482. The lowest BCUT2D eigenvalue weighted by molar-refractivity contribution is -0.453. The maximum atomic E-state index is 14.4. The van der Waals surface area contributed by atoms with E-state index in [9.17, 15) is 70.7 Å². The molecule has 1 unspecified atom stereocenters. The van der Waals surface area contributed by atoms with Crippen molar-refractivity contribution >= 4 is 5.97 Å². The van der Waals surface area contributed by atoms with Crippen molar-refractivity contribution in [1.82, 2.24) is 0 Å². The van der Waals surface area contributed by atoms with Gasteiger partial charge in [-0.3, -0.25) is 0 Å². The third-order valence-electron chi connectivity index (χ3n) is 5.30. The van der Waals surface area contributed by atoms with E-state index in [0.29, 0.717) is 20.1 Å². The number of halogens is 15. The number of methoxy groups -OCH3 is 2. The second-order valence-electron chi connectivity index (χ2n) is 7.76. The fourth-order valence-corrected chi connectivity index (χ4v) is 2.92. The molecule has 0 aliphatic rings. The molecule has 37 heavy (non-hydrogen) atoms. The van der Waals surface area contributed by atoms with Gasteiger partial charge >= 0.3 is 47.7 Å². The van der Waals surface area contributed by atoms with Crippen molar-refractivity contribution in [2.75, 3.05) is 14.2 Å². The van der Waals surface area contributed by atoms with Crippen molar-refractivity contribution < 1.29 is 80.1 Å². The molecule has 0 saturated carbocycles. The predicted molar refractivity (Wildman–Crippen MR) is 92.5 cm³/mol. The molecule has 0 bridgehead atoms. The molecular formula is C19H15F15O3. The van der Waals surface area contributed by atoms with Gasteiger partial charge in [-0.1, -0.05) is 12.1 Å². The molecule has 0 spiro atoms. The quantitative estimate of drug-likeness (QED) is 0.220. The van der Waals surface area contributed by atoms with Gasteiger partial charge in [0.25, 0.3) is 0 Å². The van der Waals surface area contributed by atoms with Gasteiger partial charge in [-0.05, 0) is 24.6 Å². The van der Waals surface area contributed by atoms with Gasteiger partial charge in [-0.2, -0.15) is 65.9 Å². The molecule has 0 aliphatic carbocycles. The van der Waals surface area contributed by atoms with E-state index in [1.165, 1.54) is 0 Å². The van der Waals surface area contributed by atoms with Gasteiger partial charge in [0.1, 0.15) is 0 Å². The SMILES string of the molecule is COC(=O)c1cccc(C(C)(CC(F)(F)C(F)(F)C(F)(F)C(F)(F)C(F)(F)C(F)(F)C(F)(F)F)OC)c1. The normalized spacial score (nSPS) is 16.4. The minimum atomic E-state index is -8.37. The lowest BCUT2D eigenvalue weighted by Crippen LogP contribution is -2.72. The average Bonchev–Trinajstić information content (AvgIpc) is 2.76. The highest BCUT2D eigenvalue weighted by atomic mass is 19.4. The summed E-state index contributed by atoms with van der Waals surface area (Å²) < 4.78 is 210. The average molecular weight is 576 g/mol. The summed E-state index contributed by atoms with van der Waals surface area (Å²) in [7, 11) is 1.38. The van der Waals surface area contributed by atoms with Crippen molar-refractivity contribution in [2.24, 2.45) is 0 Å². The summed E-state index contributed by atoms with van der Waals surface area (Å²) in [5, 5.41) is 0. The van der Waals surface area contributed by atoms with E-state index in [1.807, 2.05) is 0 Å². The van der Waals surface area contributed by atoms with Crippen LogP contribution in [0, 0.1) is 0 Å². The van der Waals surface area contributed by atoms with E-state index < -0.39 is 70.8 Å². The Morgan fingerprint density at radius 2 is 1.14 bits per heavy atom. The monoisotopic (exact) mass is 576 g/mol. The first-order chi connectivity index (χ1) is 16.2. The smallest absolute Gasteiger partial charge is 0.460 e. The summed E-state index contributed by atoms with van der Waals surface area (Å²) in [6.07, 6.45) is -10.4. The van der Waals surface area contributed by atoms with Crippen LogP contribution in [0.1, 0.15) is 29.3 Å². The molecular weight excluding hydrogens is 561 g/mol. The number of hydrogen-bond acceptors (Lipinski definition) is 3. The van der Waals surface area contributed by atoms with E-state index in [-0.39, 0.29) is 0 Å². The maximum absolute atomic E-state index is 14.4. The second-order valence-corrected chi connectivity index (χ2v) is 7.76. The van der Waals surface area contributed by atoms with Crippen molar-refractivity contribution in [3.8, 4) is 0 Å². The van der Waals surface area contributed by atoms with Crippen LogP contribution >= 0.6 is 0 Å². The molecule has 0 N–H and O–H groups in total. The van der Waals surface area contributed by atoms with Gasteiger partial charge in [0.15, 0.2) is 0 Å². The van der Waals surface area contributed by atoms with Gasteiger partial charge in [-0.15, -0.1) is 0 Å². The lowest BCUT2D eigenvalue weighted by Gasteiger charge is -2.43. The maximum Gasteiger partial charge on any atom is 0.460 e. The molecule has 1 rings (SSSR count).